The van der Waals surface area contributed by atoms with Crippen LogP contribution < -0.4 is 6.15 Å². The molecule has 2 atom stereocenters. The Morgan fingerprint density at radius 2 is 1.08 bits per heavy atom. The summed E-state index contributed by atoms with van der Waals surface area (Å²) in [4.78, 5) is 19.5. The van der Waals surface area contributed by atoms with Crippen molar-refractivity contribution in [2.75, 3.05) is 0 Å². The summed E-state index contributed by atoms with van der Waals surface area (Å²) in [6.45, 7) is 0. The topological polar surface area (TPSA) is 150 Å². The van der Waals surface area contributed by atoms with Crippen LogP contribution in [0.1, 0.15) is 0 Å². The van der Waals surface area contributed by atoms with E-state index in [1.807, 2.05) is 0 Å². The summed E-state index contributed by atoms with van der Waals surface area (Å²) in [6.07, 6.45) is -4.53. The molecule has 0 heterocycles. The van der Waals surface area contributed by atoms with Crippen LogP contribution in [0.25, 0.3) is 0 Å². The van der Waals surface area contributed by atoms with Gasteiger partial charge in [0.15, 0.2) is 12.2 Å². The summed E-state index contributed by atoms with van der Waals surface area (Å²) in [5.74, 6) is -3.54. The molecule has 2 unspecified atom stereocenters. The Hall–Kier alpha value is -0.596. The van der Waals surface area contributed by atoms with E-state index in [1.54, 1.807) is 0 Å². The minimum Gasteiger partial charge on any atom is -0.479 e. The van der Waals surface area contributed by atoms with Crippen LogP contribution in [0.2, 0.25) is 0 Å². The van der Waals surface area contributed by atoms with Crippen LogP contribution in [-0.2, 0) is 28.1 Å². The largest absolute Gasteiger partial charge is 0.479 e. The van der Waals surface area contributed by atoms with Crippen molar-refractivity contribution in [3.8, 4) is 0 Å². The van der Waals surface area contributed by atoms with Crippen LogP contribution in [-0.4, -0.2) is 44.6 Å². The predicted octanol–water partition coefficient (Wildman–Crippen LogP) is -1.96. The first-order valence-corrected chi connectivity index (χ1v) is 2.28. The number of carboxylic acids is 2. The van der Waals surface area contributed by atoms with Crippen LogP contribution in [0.15, 0.2) is 0 Å². The average Bonchev–Trinajstić information content (AvgIpc) is 1.84. The summed E-state index contributed by atoms with van der Waals surface area (Å²) >= 11 is 0. The maximum absolute atomic E-state index is 9.77. The number of hydrogen-bond donors (Lipinski definition) is 5. The second kappa shape index (κ2) is 7.08. The normalized spacial score (nSPS) is 13.2. The number of carboxylic acid groups (broad SMARTS) is 2. The first-order chi connectivity index (χ1) is 4.46. The predicted molar refractivity (Wildman–Crippen MR) is 32.3 cm³/mol. The van der Waals surface area contributed by atoms with Crippen LogP contribution >= 0.6 is 0 Å². The Bertz CT molecular complexity index is 144. The Morgan fingerprint density at radius 1 is 0.917 bits per heavy atom. The summed E-state index contributed by atoms with van der Waals surface area (Å²) in [6, 6.07) is 0. The second-order valence-electron chi connectivity index (χ2n) is 1.57. The van der Waals surface area contributed by atoms with Gasteiger partial charge in [0.2, 0.25) is 0 Å². The molecule has 8 heteroatoms. The molecule has 0 aromatic rings. The minimum absolute atomic E-state index is 0. The number of carbonyl (C=O) groups is 2. The molecule has 0 saturated heterocycles. The molecular formula is C4H9NO6V. The van der Waals surface area contributed by atoms with E-state index >= 15 is 0 Å². The maximum atomic E-state index is 9.77. The van der Waals surface area contributed by atoms with Gasteiger partial charge < -0.3 is 26.6 Å². The zero-order valence-corrected chi connectivity index (χ0v) is 7.31. The van der Waals surface area contributed by atoms with Crippen molar-refractivity contribution in [2.24, 2.45) is 0 Å². The van der Waals surface area contributed by atoms with Gasteiger partial charge in [-0.1, -0.05) is 0 Å². The van der Waals surface area contributed by atoms with Gasteiger partial charge in [-0.15, -0.1) is 0 Å². The first kappa shape index (κ1) is 17.5. The zero-order valence-electron chi connectivity index (χ0n) is 5.91. The molecule has 0 aliphatic carbocycles. The molecule has 0 rings (SSSR count). The van der Waals surface area contributed by atoms with Gasteiger partial charge in [-0.3, -0.25) is 0 Å². The van der Waals surface area contributed by atoms with E-state index < -0.39 is 24.1 Å². The number of rotatable bonds is 3. The van der Waals surface area contributed by atoms with Gasteiger partial charge in [0.1, 0.15) is 0 Å². The van der Waals surface area contributed by atoms with Gasteiger partial charge in [0, 0.05) is 18.6 Å². The number of aliphatic hydroxyl groups is 2. The Labute approximate surface area is 79.5 Å². The fourth-order valence-electron chi connectivity index (χ4n) is 0.270. The van der Waals surface area contributed by atoms with Crippen molar-refractivity contribution in [1.29, 1.82) is 0 Å². The van der Waals surface area contributed by atoms with E-state index in [9.17, 15) is 9.59 Å². The fraction of sp³-hybridized carbons (Fsp3) is 0.500. The minimum atomic E-state index is -2.27. The second-order valence-corrected chi connectivity index (χ2v) is 1.57. The fourth-order valence-corrected chi connectivity index (χ4v) is 0.270. The van der Waals surface area contributed by atoms with E-state index in [-0.39, 0.29) is 24.7 Å². The van der Waals surface area contributed by atoms with Gasteiger partial charge in [0.25, 0.3) is 0 Å². The molecule has 0 spiro atoms. The molecule has 0 bridgehead atoms. The molecule has 7 N–H and O–H groups in total. The summed E-state index contributed by atoms with van der Waals surface area (Å²) in [7, 11) is 0. The molecule has 12 heavy (non-hydrogen) atoms. The summed E-state index contributed by atoms with van der Waals surface area (Å²) in [5.41, 5.74) is 0. The van der Waals surface area contributed by atoms with Gasteiger partial charge in [-0.25, -0.2) is 9.59 Å². The van der Waals surface area contributed by atoms with Crippen molar-refractivity contribution >= 4 is 11.9 Å². The van der Waals surface area contributed by atoms with Crippen molar-refractivity contribution in [2.45, 2.75) is 12.2 Å². The Kier molecular flexibility index (Phi) is 10.3. The molecule has 71 valence electrons. The molecule has 0 aromatic carbocycles. The molecule has 0 saturated carbocycles. The molecule has 7 nitrogen and oxygen atoms in total. The monoisotopic (exact) mass is 218 g/mol. The van der Waals surface area contributed by atoms with Crippen LogP contribution in [0, 0.1) is 0 Å². The van der Waals surface area contributed by atoms with Gasteiger partial charge >= 0.3 is 11.9 Å². The smallest absolute Gasteiger partial charge is 0.335 e. The molecule has 0 aliphatic rings. The van der Waals surface area contributed by atoms with E-state index in [0.29, 0.717) is 0 Å². The maximum Gasteiger partial charge on any atom is 0.335 e. The first-order valence-electron chi connectivity index (χ1n) is 2.28. The Morgan fingerprint density at radius 3 is 1.17 bits per heavy atom. The summed E-state index contributed by atoms with van der Waals surface area (Å²) in [5, 5.41) is 32.5. The molecule has 0 fully saturated rings. The van der Waals surface area contributed by atoms with Gasteiger partial charge in [0.05, 0.1) is 0 Å². The zero-order chi connectivity index (χ0) is 8.31. The van der Waals surface area contributed by atoms with Crippen molar-refractivity contribution in [3.05, 3.63) is 0 Å². The van der Waals surface area contributed by atoms with Gasteiger partial charge in [-0.2, -0.15) is 0 Å². The molecule has 0 aliphatic heterocycles. The molecule has 0 aromatic heterocycles. The van der Waals surface area contributed by atoms with Crippen molar-refractivity contribution < 1.29 is 48.6 Å². The standard InChI is InChI=1S/C4H6O6.H3N.V/c5-1(3(7)8)2(6)4(9)10;;/h1-2,5-6H,(H,7,8)(H,9,10);1H3;. The van der Waals surface area contributed by atoms with E-state index in [1.165, 1.54) is 0 Å². The van der Waals surface area contributed by atoms with Crippen LogP contribution in [0.5, 0.6) is 0 Å². The SMILES string of the molecule is N.O=C(O)C(O)C(O)C(=O)O.[V]. The van der Waals surface area contributed by atoms with E-state index in [2.05, 4.69) is 0 Å². The van der Waals surface area contributed by atoms with E-state index in [0.717, 1.165) is 0 Å². The third-order valence-corrected chi connectivity index (χ3v) is 0.805. The number of hydrogen-bond acceptors (Lipinski definition) is 5. The quantitative estimate of drug-likeness (QED) is 0.368. The van der Waals surface area contributed by atoms with Crippen molar-refractivity contribution in [3.63, 3.8) is 0 Å². The average molecular weight is 218 g/mol. The van der Waals surface area contributed by atoms with Gasteiger partial charge in [-0.05, 0) is 0 Å². The third kappa shape index (κ3) is 5.11. The van der Waals surface area contributed by atoms with E-state index in [4.69, 9.17) is 20.4 Å². The molecular weight excluding hydrogens is 209 g/mol. The van der Waals surface area contributed by atoms with Crippen LogP contribution in [0.4, 0.5) is 0 Å². The molecule has 0 amide bonds. The number of aliphatic hydroxyl groups excluding tert-OH is 2. The summed E-state index contributed by atoms with van der Waals surface area (Å²) < 4.78 is 0. The third-order valence-electron chi connectivity index (χ3n) is 0.805. The van der Waals surface area contributed by atoms with Crippen LogP contribution in [0.3, 0.4) is 0 Å². The van der Waals surface area contributed by atoms with Crippen molar-refractivity contribution in [1.82, 2.24) is 6.15 Å². The number of aliphatic carboxylic acids is 2. The Balaban J connectivity index is -0.000000405. The molecule has 1 radical (unpaired) electrons.